The van der Waals surface area contributed by atoms with Gasteiger partial charge < -0.3 is 9.47 Å². The summed E-state index contributed by atoms with van der Waals surface area (Å²) in [7, 11) is 0. The Balaban J connectivity index is 1.82. The maximum atomic E-state index is 11.6. The van der Waals surface area contributed by atoms with Crippen molar-refractivity contribution >= 4 is 11.8 Å². The van der Waals surface area contributed by atoms with Crippen molar-refractivity contribution in [3.63, 3.8) is 0 Å². The fourth-order valence-corrected chi connectivity index (χ4v) is 1.99. The molecule has 2 heterocycles. The second-order valence-corrected chi connectivity index (χ2v) is 5.18. The number of morpholine rings is 1. The van der Waals surface area contributed by atoms with Crippen LogP contribution < -0.4 is 5.32 Å². The van der Waals surface area contributed by atoms with Crippen LogP contribution in [0.4, 0.5) is 10.5 Å². The molecule has 0 spiro atoms. The van der Waals surface area contributed by atoms with Gasteiger partial charge in [-0.15, -0.1) is 0 Å². The Morgan fingerprint density at radius 2 is 2.24 bits per heavy atom. The zero-order chi connectivity index (χ0) is 15.1. The monoisotopic (exact) mass is 293 g/mol. The van der Waals surface area contributed by atoms with Crippen molar-refractivity contribution in [2.24, 2.45) is 0 Å². The molecule has 6 nitrogen and oxygen atoms in total. The van der Waals surface area contributed by atoms with Gasteiger partial charge in [0.2, 0.25) is 0 Å². The van der Waals surface area contributed by atoms with Crippen LogP contribution in [0.3, 0.4) is 0 Å². The van der Waals surface area contributed by atoms with Gasteiger partial charge in [0.1, 0.15) is 6.10 Å². The van der Waals surface area contributed by atoms with Crippen LogP contribution in [0.25, 0.3) is 0 Å². The van der Waals surface area contributed by atoms with Crippen LogP contribution in [0.5, 0.6) is 0 Å². The first-order chi connectivity index (χ1) is 10.2. The van der Waals surface area contributed by atoms with Gasteiger partial charge in [-0.05, 0) is 25.5 Å². The molecule has 0 saturated carbocycles. The Labute approximate surface area is 125 Å². The predicted octanol–water partition coefficient (Wildman–Crippen LogP) is 2.26. The van der Waals surface area contributed by atoms with Crippen LogP contribution in [-0.4, -0.2) is 48.4 Å². The second kappa shape index (κ2) is 7.95. The quantitative estimate of drug-likeness (QED) is 0.902. The summed E-state index contributed by atoms with van der Waals surface area (Å²) < 4.78 is 10.5. The minimum atomic E-state index is -0.438. The Kier molecular flexibility index (Phi) is 5.95. The first-order valence-electron chi connectivity index (χ1n) is 7.40. The Morgan fingerprint density at radius 1 is 1.48 bits per heavy atom. The van der Waals surface area contributed by atoms with Crippen LogP contribution in [0.1, 0.15) is 26.0 Å². The Hall–Kier alpha value is -1.66. The number of pyridine rings is 1. The van der Waals surface area contributed by atoms with Crippen molar-refractivity contribution in [3.8, 4) is 0 Å². The zero-order valence-electron chi connectivity index (χ0n) is 12.7. The van der Waals surface area contributed by atoms with Crippen molar-refractivity contribution in [1.82, 2.24) is 9.88 Å². The maximum Gasteiger partial charge on any atom is 0.411 e. The summed E-state index contributed by atoms with van der Waals surface area (Å²) in [4.78, 5) is 18.3. The standard InChI is InChI=1S/C15H23N3O3/c1-3-12(2)21-15(19)17-13-4-5-14(16-10-13)11-18-6-8-20-9-7-18/h4-5,10,12H,3,6-9,11H2,1-2H3,(H,17,19). The second-order valence-electron chi connectivity index (χ2n) is 5.18. The Morgan fingerprint density at radius 3 is 2.86 bits per heavy atom. The van der Waals surface area contributed by atoms with Crippen molar-refractivity contribution < 1.29 is 14.3 Å². The number of anilines is 1. The lowest BCUT2D eigenvalue weighted by molar-refractivity contribution is 0.0336. The summed E-state index contributed by atoms with van der Waals surface area (Å²) in [5.74, 6) is 0. The first-order valence-corrected chi connectivity index (χ1v) is 7.40. The number of ether oxygens (including phenoxy) is 2. The third kappa shape index (κ3) is 5.32. The Bertz CT molecular complexity index is 444. The predicted molar refractivity (Wildman–Crippen MR) is 80.2 cm³/mol. The topological polar surface area (TPSA) is 63.7 Å². The highest BCUT2D eigenvalue weighted by Gasteiger charge is 2.12. The summed E-state index contributed by atoms with van der Waals surface area (Å²) in [6.45, 7) is 8.07. The smallest absolute Gasteiger partial charge is 0.411 e. The van der Waals surface area contributed by atoms with Crippen molar-refractivity contribution in [2.75, 3.05) is 31.6 Å². The number of carbonyl (C=O) groups excluding carboxylic acids is 1. The minimum absolute atomic E-state index is 0.0847. The number of nitrogens with one attached hydrogen (secondary N) is 1. The maximum absolute atomic E-state index is 11.6. The first kappa shape index (κ1) is 15.7. The molecule has 1 saturated heterocycles. The third-order valence-electron chi connectivity index (χ3n) is 3.44. The van der Waals surface area contributed by atoms with Crippen molar-refractivity contribution in [2.45, 2.75) is 32.9 Å². The molecule has 1 N–H and O–H groups in total. The van der Waals surface area contributed by atoms with E-state index in [1.807, 2.05) is 26.0 Å². The lowest BCUT2D eigenvalue weighted by atomic mass is 10.3. The molecule has 1 fully saturated rings. The highest BCUT2D eigenvalue weighted by atomic mass is 16.6. The molecule has 0 aromatic carbocycles. The number of amides is 1. The molecule has 0 bridgehead atoms. The van der Waals surface area contributed by atoms with Gasteiger partial charge in [-0.3, -0.25) is 15.2 Å². The van der Waals surface area contributed by atoms with Crippen LogP contribution in [0.15, 0.2) is 18.3 Å². The number of hydrogen-bond acceptors (Lipinski definition) is 5. The van der Waals surface area contributed by atoms with Gasteiger partial charge in [0.25, 0.3) is 0 Å². The van der Waals surface area contributed by atoms with Gasteiger partial charge in [-0.25, -0.2) is 4.79 Å². The summed E-state index contributed by atoms with van der Waals surface area (Å²) in [6, 6.07) is 3.77. The molecule has 0 aliphatic carbocycles. The summed E-state index contributed by atoms with van der Waals surface area (Å²) in [5, 5.41) is 2.68. The SMILES string of the molecule is CCC(C)OC(=O)Nc1ccc(CN2CCOCC2)nc1. The van der Waals surface area contributed by atoms with E-state index in [1.165, 1.54) is 0 Å². The van der Waals surface area contributed by atoms with E-state index in [0.717, 1.165) is 45.0 Å². The molecule has 1 atom stereocenters. The summed E-state index contributed by atoms with van der Waals surface area (Å²) >= 11 is 0. The van der Waals surface area contributed by atoms with Gasteiger partial charge >= 0.3 is 6.09 Å². The van der Waals surface area contributed by atoms with Crippen molar-refractivity contribution in [3.05, 3.63) is 24.0 Å². The normalized spacial score (nSPS) is 17.2. The van der Waals surface area contributed by atoms with E-state index in [1.54, 1.807) is 6.20 Å². The number of hydrogen-bond donors (Lipinski definition) is 1. The zero-order valence-corrected chi connectivity index (χ0v) is 12.7. The molecule has 1 aromatic rings. The van der Waals surface area contributed by atoms with Gasteiger partial charge in [-0.2, -0.15) is 0 Å². The molecule has 1 aliphatic rings. The lowest BCUT2D eigenvalue weighted by Crippen LogP contribution is -2.35. The number of nitrogens with zero attached hydrogens (tertiary/aromatic N) is 2. The van der Waals surface area contributed by atoms with Crippen LogP contribution in [-0.2, 0) is 16.0 Å². The molecule has 2 rings (SSSR count). The third-order valence-corrected chi connectivity index (χ3v) is 3.44. The molecule has 21 heavy (non-hydrogen) atoms. The molecule has 1 amide bonds. The number of rotatable bonds is 5. The van der Waals surface area contributed by atoms with Gasteiger partial charge in [0, 0.05) is 19.6 Å². The van der Waals surface area contributed by atoms with E-state index < -0.39 is 6.09 Å². The van der Waals surface area contributed by atoms with E-state index in [9.17, 15) is 4.79 Å². The molecule has 1 aromatic heterocycles. The largest absolute Gasteiger partial charge is 0.446 e. The van der Waals surface area contributed by atoms with Gasteiger partial charge in [0.15, 0.2) is 0 Å². The fourth-order valence-electron chi connectivity index (χ4n) is 1.99. The molecule has 6 heteroatoms. The van der Waals surface area contributed by atoms with E-state index >= 15 is 0 Å². The summed E-state index contributed by atoms with van der Waals surface area (Å²) in [6.07, 6.45) is 1.93. The molecule has 116 valence electrons. The van der Waals surface area contributed by atoms with Crippen LogP contribution in [0, 0.1) is 0 Å². The van der Waals surface area contributed by atoms with Crippen molar-refractivity contribution in [1.29, 1.82) is 0 Å². The number of carbonyl (C=O) groups is 1. The lowest BCUT2D eigenvalue weighted by Gasteiger charge is -2.26. The van der Waals surface area contributed by atoms with Gasteiger partial charge in [0.05, 0.1) is 30.8 Å². The van der Waals surface area contributed by atoms with Gasteiger partial charge in [-0.1, -0.05) is 6.92 Å². The highest BCUT2D eigenvalue weighted by Crippen LogP contribution is 2.10. The average molecular weight is 293 g/mol. The molecular weight excluding hydrogens is 270 g/mol. The van der Waals surface area contributed by atoms with Crippen LogP contribution >= 0.6 is 0 Å². The van der Waals surface area contributed by atoms with E-state index in [0.29, 0.717) is 5.69 Å². The van der Waals surface area contributed by atoms with E-state index in [4.69, 9.17) is 9.47 Å². The highest BCUT2D eigenvalue weighted by molar-refractivity contribution is 5.84. The summed E-state index contributed by atoms with van der Waals surface area (Å²) in [5.41, 5.74) is 1.63. The number of aromatic nitrogens is 1. The van der Waals surface area contributed by atoms with E-state index in [-0.39, 0.29) is 6.10 Å². The average Bonchev–Trinajstić information content (AvgIpc) is 2.50. The fraction of sp³-hybridized carbons (Fsp3) is 0.600. The molecule has 1 unspecified atom stereocenters. The molecule has 1 aliphatic heterocycles. The molecular formula is C15H23N3O3. The minimum Gasteiger partial charge on any atom is -0.446 e. The van der Waals surface area contributed by atoms with Crippen LogP contribution in [0.2, 0.25) is 0 Å². The van der Waals surface area contributed by atoms with E-state index in [2.05, 4.69) is 15.2 Å². The molecule has 0 radical (unpaired) electrons.